The summed E-state index contributed by atoms with van der Waals surface area (Å²) in [6.07, 6.45) is 2.63. The fraction of sp³-hybridized carbons (Fsp3) is 0.615. The fourth-order valence-electron chi connectivity index (χ4n) is 1.28. The van der Waals surface area contributed by atoms with Gasteiger partial charge in [-0.3, -0.25) is 4.79 Å². The Kier molecular flexibility index (Phi) is 6.57. The standard InChI is InChI=1S/C13H24N2OS/c1-7-11(12(17)10(2)14-6)8-15(9-16)13(3,4)5/h7,9-10,14,17H,1,8H2,2-6H3/b12-11+. The molecule has 0 aliphatic carbocycles. The number of amides is 1. The summed E-state index contributed by atoms with van der Waals surface area (Å²) in [5.41, 5.74) is 0.768. The van der Waals surface area contributed by atoms with Crippen molar-refractivity contribution in [2.45, 2.75) is 39.3 Å². The number of likely N-dealkylation sites (N-methyl/N-ethyl adjacent to an activating group) is 1. The first kappa shape index (κ1) is 16.3. The lowest BCUT2D eigenvalue weighted by Gasteiger charge is -2.33. The number of hydrogen-bond acceptors (Lipinski definition) is 3. The molecule has 98 valence electrons. The van der Waals surface area contributed by atoms with Gasteiger partial charge < -0.3 is 10.2 Å². The number of thiol groups is 1. The van der Waals surface area contributed by atoms with Crippen molar-refractivity contribution in [2.75, 3.05) is 13.6 Å². The van der Waals surface area contributed by atoms with Crippen LogP contribution in [0.4, 0.5) is 0 Å². The summed E-state index contributed by atoms with van der Waals surface area (Å²) < 4.78 is 0. The molecule has 0 radical (unpaired) electrons. The van der Waals surface area contributed by atoms with E-state index in [9.17, 15) is 4.79 Å². The normalized spacial score (nSPS) is 14.9. The number of nitrogens with one attached hydrogen (secondary N) is 1. The molecule has 0 aromatic heterocycles. The van der Waals surface area contributed by atoms with Gasteiger partial charge in [0.2, 0.25) is 6.41 Å². The molecule has 0 rings (SSSR count). The van der Waals surface area contributed by atoms with Crippen molar-refractivity contribution in [1.29, 1.82) is 0 Å². The topological polar surface area (TPSA) is 32.3 Å². The van der Waals surface area contributed by atoms with Crippen molar-refractivity contribution in [2.24, 2.45) is 0 Å². The second-order valence-electron chi connectivity index (χ2n) is 5.03. The van der Waals surface area contributed by atoms with E-state index >= 15 is 0 Å². The maximum Gasteiger partial charge on any atom is 0.210 e. The van der Waals surface area contributed by atoms with E-state index in [1.807, 2.05) is 34.7 Å². The first-order valence-electron chi connectivity index (χ1n) is 5.71. The second-order valence-corrected chi connectivity index (χ2v) is 5.51. The van der Waals surface area contributed by atoms with Crippen LogP contribution in [0.5, 0.6) is 0 Å². The molecule has 0 aromatic carbocycles. The third kappa shape index (κ3) is 4.96. The van der Waals surface area contributed by atoms with Gasteiger partial charge in [-0.2, -0.15) is 0 Å². The van der Waals surface area contributed by atoms with Crippen molar-refractivity contribution in [3.63, 3.8) is 0 Å². The first-order chi connectivity index (χ1) is 7.77. The van der Waals surface area contributed by atoms with Crippen molar-refractivity contribution in [1.82, 2.24) is 10.2 Å². The fourth-order valence-corrected chi connectivity index (χ4v) is 1.57. The van der Waals surface area contributed by atoms with E-state index in [0.717, 1.165) is 16.9 Å². The molecule has 0 spiro atoms. The molecule has 1 amide bonds. The third-order valence-electron chi connectivity index (χ3n) is 2.75. The average Bonchev–Trinajstić information content (AvgIpc) is 2.27. The number of carbonyl (C=O) groups is 1. The van der Waals surface area contributed by atoms with Crippen LogP contribution in [0, 0.1) is 0 Å². The van der Waals surface area contributed by atoms with E-state index in [4.69, 9.17) is 0 Å². The Hall–Kier alpha value is -0.740. The zero-order valence-electron chi connectivity index (χ0n) is 11.4. The molecule has 0 saturated carbocycles. The van der Waals surface area contributed by atoms with Gasteiger partial charge in [0, 0.05) is 23.0 Å². The van der Waals surface area contributed by atoms with Gasteiger partial charge in [-0.25, -0.2) is 0 Å². The zero-order chi connectivity index (χ0) is 13.6. The van der Waals surface area contributed by atoms with Gasteiger partial charge in [0.25, 0.3) is 0 Å². The second kappa shape index (κ2) is 6.87. The van der Waals surface area contributed by atoms with Gasteiger partial charge in [-0.1, -0.05) is 12.7 Å². The predicted octanol–water partition coefficient (Wildman–Crippen LogP) is 2.22. The van der Waals surface area contributed by atoms with E-state index in [-0.39, 0.29) is 11.6 Å². The third-order valence-corrected chi connectivity index (χ3v) is 3.42. The minimum absolute atomic E-state index is 0.153. The lowest BCUT2D eigenvalue weighted by Crippen LogP contribution is -2.41. The lowest BCUT2D eigenvalue weighted by molar-refractivity contribution is -0.121. The smallest absolute Gasteiger partial charge is 0.210 e. The van der Waals surface area contributed by atoms with Crippen LogP contribution >= 0.6 is 12.6 Å². The van der Waals surface area contributed by atoms with Gasteiger partial charge in [0.15, 0.2) is 0 Å². The molecular formula is C13H24N2OS. The Balaban J connectivity index is 5.04. The molecule has 4 heteroatoms. The molecule has 1 N–H and O–H groups in total. The van der Waals surface area contributed by atoms with E-state index < -0.39 is 0 Å². The van der Waals surface area contributed by atoms with E-state index in [0.29, 0.717) is 6.54 Å². The highest BCUT2D eigenvalue weighted by Crippen LogP contribution is 2.19. The molecular weight excluding hydrogens is 232 g/mol. The molecule has 1 unspecified atom stereocenters. The van der Waals surface area contributed by atoms with Crippen LogP contribution in [-0.2, 0) is 4.79 Å². The molecule has 0 bridgehead atoms. The van der Waals surface area contributed by atoms with Crippen LogP contribution in [0.2, 0.25) is 0 Å². The molecule has 0 aliphatic rings. The Labute approximate surface area is 110 Å². The average molecular weight is 256 g/mol. The minimum Gasteiger partial charge on any atom is -0.336 e. The van der Waals surface area contributed by atoms with Crippen LogP contribution in [0.3, 0.4) is 0 Å². The summed E-state index contributed by atoms with van der Waals surface area (Å²) >= 11 is 4.49. The highest BCUT2D eigenvalue weighted by Gasteiger charge is 2.21. The van der Waals surface area contributed by atoms with Crippen LogP contribution in [-0.4, -0.2) is 36.5 Å². The Bertz CT molecular complexity index is 305. The Morgan fingerprint density at radius 3 is 2.35 bits per heavy atom. The van der Waals surface area contributed by atoms with Crippen molar-refractivity contribution in [3.8, 4) is 0 Å². The SMILES string of the molecule is C=C/C(CN(C=O)C(C)(C)C)=C(\S)C(C)NC. The summed E-state index contributed by atoms with van der Waals surface area (Å²) in [5, 5.41) is 3.12. The molecule has 1 atom stereocenters. The monoisotopic (exact) mass is 256 g/mol. The van der Waals surface area contributed by atoms with Gasteiger partial charge >= 0.3 is 0 Å². The Morgan fingerprint density at radius 1 is 1.53 bits per heavy atom. The number of hydrogen-bond donors (Lipinski definition) is 2. The quantitative estimate of drug-likeness (QED) is 0.434. The van der Waals surface area contributed by atoms with Crippen LogP contribution in [0.15, 0.2) is 23.1 Å². The summed E-state index contributed by atoms with van der Waals surface area (Å²) in [6.45, 7) is 12.3. The number of rotatable bonds is 6. The van der Waals surface area contributed by atoms with Gasteiger partial charge in [-0.05, 0) is 40.3 Å². The van der Waals surface area contributed by atoms with Crippen molar-refractivity contribution >= 4 is 19.0 Å². The zero-order valence-corrected chi connectivity index (χ0v) is 12.3. The molecule has 0 aliphatic heterocycles. The molecule has 17 heavy (non-hydrogen) atoms. The van der Waals surface area contributed by atoms with Crippen LogP contribution < -0.4 is 5.32 Å². The van der Waals surface area contributed by atoms with Crippen LogP contribution in [0.25, 0.3) is 0 Å². The number of carbonyl (C=O) groups excluding carboxylic acids is 1. The minimum atomic E-state index is -0.201. The van der Waals surface area contributed by atoms with Crippen LogP contribution in [0.1, 0.15) is 27.7 Å². The highest BCUT2D eigenvalue weighted by atomic mass is 32.1. The molecule has 0 saturated heterocycles. The van der Waals surface area contributed by atoms with E-state index in [2.05, 4.69) is 24.5 Å². The molecule has 3 nitrogen and oxygen atoms in total. The molecule has 0 heterocycles. The maximum atomic E-state index is 11.1. The Morgan fingerprint density at radius 2 is 2.06 bits per heavy atom. The first-order valence-corrected chi connectivity index (χ1v) is 6.16. The van der Waals surface area contributed by atoms with Crippen molar-refractivity contribution < 1.29 is 4.79 Å². The molecule has 0 aromatic rings. The predicted molar refractivity (Wildman–Crippen MR) is 77.3 cm³/mol. The summed E-state index contributed by atoms with van der Waals surface area (Å²) in [5.74, 6) is 0. The maximum absolute atomic E-state index is 11.1. The molecule has 0 fully saturated rings. The summed E-state index contributed by atoms with van der Waals surface area (Å²) in [4.78, 5) is 13.7. The van der Waals surface area contributed by atoms with Gasteiger partial charge in [0.1, 0.15) is 0 Å². The van der Waals surface area contributed by atoms with Crippen molar-refractivity contribution in [3.05, 3.63) is 23.1 Å². The van der Waals surface area contributed by atoms with E-state index in [1.54, 1.807) is 11.0 Å². The summed E-state index contributed by atoms with van der Waals surface area (Å²) in [7, 11) is 1.88. The number of nitrogens with zero attached hydrogens (tertiary/aromatic N) is 1. The largest absolute Gasteiger partial charge is 0.336 e. The van der Waals surface area contributed by atoms with Gasteiger partial charge in [-0.15, -0.1) is 12.6 Å². The van der Waals surface area contributed by atoms with E-state index in [1.165, 1.54) is 0 Å². The highest BCUT2D eigenvalue weighted by molar-refractivity contribution is 7.84. The van der Waals surface area contributed by atoms with Gasteiger partial charge in [0.05, 0.1) is 0 Å². The lowest BCUT2D eigenvalue weighted by atomic mass is 10.0. The summed E-state index contributed by atoms with van der Waals surface area (Å²) in [6, 6.07) is 0.153.